The number of hydrogen-bond acceptors (Lipinski definition) is 5. The molecule has 15 heavy (non-hydrogen) atoms. The first-order valence-electron chi connectivity index (χ1n) is 4.10. The van der Waals surface area contributed by atoms with Crippen LogP contribution in [0.1, 0.15) is 12.1 Å². The van der Waals surface area contributed by atoms with Gasteiger partial charge in [-0.3, -0.25) is 9.36 Å². The standard InChI is InChI=1S/C7H10N4O4/c1-10-4(2-3-5(12)13)6(11(14)15)9-7(10)8/h2-3H2,1H3,(H2,8,9)(H,12,13). The lowest BCUT2D eigenvalue weighted by Crippen LogP contribution is -2.05. The molecule has 0 unspecified atom stereocenters. The van der Waals surface area contributed by atoms with E-state index < -0.39 is 10.9 Å². The van der Waals surface area contributed by atoms with E-state index in [9.17, 15) is 14.9 Å². The Morgan fingerprint density at radius 2 is 2.33 bits per heavy atom. The molecule has 0 saturated carbocycles. The first-order chi connectivity index (χ1) is 6.93. The number of carboxylic acid groups (broad SMARTS) is 1. The van der Waals surface area contributed by atoms with Crippen LogP contribution in [0.3, 0.4) is 0 Å². The summed E-state index contributed by atoms with van der Waals surface area (Å²) in [7, 11) is 1.51. The second kappa shape index (κ2) is 3.95. The van der Waals surface area contributed by atoms with Crippen LogP contribution in [-0.2, 0) is 18.3 Å². The quantitative estimate of drug-likeness (QED) is 0.533. The number of nitro groups is 1. The summed E-state index contributed by atoms with van der Waals surface area (Å²) in [5.74, 6) is -1.40. The Balaban J connectivity index is 3.02. The van der Waals surface area contributed by atoms with Crippen LogP contribution >= 0.6 is 0 Å². The number of carboxylic acids is 1. The number of carbonyl (C=O) groups is 1. The molecule has 1 aromatic rings. The highest BCUT2D eigenvalue weighted by Gasteiger charge is 2.24. The van der Waals surface area contributed by atoms with Gasteiger partial charge in [-0.05, 0) is 4.92 Å². The number of anilines is 1. The summed E-state index contributed by atoms with van der Waals surface area (Å²) in [4.78, 5) is 23.8. The maximum absolute atomic E-state index is 10.6. The van der Waals surface area contributed by atoms with Crippen LogP contribution < -0.4 is 5.73 Å². The Kier molecular flexibility index (Phi) is 2.88. The molecule has 0 saturated heterocycles. The van der Waals surface area contributed by atoms with Gasteiger partial charge in [-0.1, -0.05) is 0 Å². The number of aliphatic carboxylic acids is 1. The molecule has 1 heterocycles. The van der Waals surface area contributed by atoms with E-state index in [1.54, 1.807) is 0 Å². The third-order valence-electron chi connectivity index (χ3n) is 1.98. The first kappa shape index (κ1) is 11.0. The summed E-state index contributed by atoms with van der Waals surface area (Å²) in [6, 6.07) is 0. The van der Waals surface area contributed by atoms with Crippen molar-refractivity contribution < 1.29 is 14.8 Å². The van der Waals surface area contributed by atoms with E-state index >= 15 is 0 Å². The molecule has 82 valence electrons. The molecule has 3 N–H and O–H groups in total. The minimum Gasteiger partial charge on any atom is -0.481 e. The van der Waals surface area contributed by atoms with E-state index in [-0.39, 0.29) is 30.3 Å². The average Bonchev–Trinajstić information content (AvgIpc) is 2.41. The van der Waals surface area contributed by atoms with Gasteiger partial charge in [0.15, 0.2) is 0 Å². The molecule has 1 rings (SSSR count). The lowest BCUT2D eigenvalue weighted by atomic mass is 10.2. The SMILES string of the molecule is Cn1c(N)nc([N+](=O)[O-])c1CCC(=O)O. The van der Waals surface area contributed by atoms with Gasteiger partial charge in [-0.15, -0.1) is 0 Å². The molecule has 8 heteroatoms. The minimum atomic E-state index is -1.02. The Morgan fingerprint density at radius 3 is 2.80 bits per heavy atom. The molecule has 0 aliphatic carbocycles. The van der Waals surface area contributed by atoms with Crippen molar-refractivity contribution >= 4 is 17.7 Å². The first-order valence-corrected chi connectivity index (χ1v) is 4.10. The van der Waals surface area contributed by atoms with E-state index in [4.69, 9.17) is 10.8 Å². The van der Waals surface area contributed by atoms with Gasteiger partial charge < -0.3 is 21.0 Å². The number of imidazole rings is 1. The molecule has 8 nitrogen and oxygen atoms in total. The Morgan fingerprint density at radius 1 is 1.73 bits per heavy atom. The molecule has 0 spiro atoms. The van der Waals surface area contributed by atoms with Gasteiger partial charge >= 0.3 is 17.7 Å². The summed E-state index contributed by atoms with van der Waals surface area (Å²) >= 11 is 0. The number of nitrogen functional groups attached to an aromatic ring is 1. The second-order valence-corrected chi connectivity index (χ2v) is 2.95. The normalized spacial score (nSPS) is 10.2. The fraction of sp³-hybridized carbons (Fsp3) is 0.429. The predicted molar refractivity (Wildman–Crippen MR) is 50.2 cm³/mol. The molecule has 0 aliphatic heterocycles. The van der Waals surface area contributed by atoms with Crippen LogP contribution in [-0.4, -0.2) is 25.6 Å². The summed E-state index contributed by atoms with van der Waals surface area (Å²) in [5.41, 5.74) is 5.61. The van der Waals surface area contributed by atoms with Crippen LogP contribution in [0.5, 0.6) is 0 Å². The molecule has 0 radical (unpaired) electrons. The van der Waals surface area contributed by atoms with Crippen molar-refractivity contribution in [1.82, 2.24) is 9.55 Å². The summed E-state index contributed by atoms with van der Waals surface area (Å²) < 4.78 is 1.32. The number of hydrogen-bond donors (Lipinski definition) is 2. The molecular formula is C7H10N4O4. The van der Waals surface area contributed by atoms with E-state index in [1.807, 2.05) is 0 Å². The minimum absolute atomic E-state index is 0.00193. The molecule has 0 aliphatic rings. The molecule has 0 fully saturated rings. The van der Waals surface area contributed by atoms with Crippen molar-refractivity contribution in [3.63, 3.8) is 0 Å². The molecule has 1 aromatic heterocycles. The third-order valence-corrected chi connectivity index (χ3v) is 1.98. The van der Waals surface area contributed by atoms with Gasteiger partial charge in [0.2, 0.25) is 0 Å². The van der Waals surface area contributed by atoms with E-state index in [0.717, 1.165) is 0 Å². The van der Waals surface area contributed by atoms with Crippen LogP contribution in [0.2, 0.25) is 0 Å². The van der Waals surface area contributed by atoms with Gasteiger partial charge in [0.25, 0.3) is 0 Å². The highest BCUT2D eigenvalue weighted by Crippen LogP contribution is 2.20. The zero-order chi connectivity index (χ0) is 11.6. The summed E-state index contributed by atoms with van der Waals surface area (Å²) in [5, 5.41) is 19.0. The monoisotopic (exact) mass is 214 g/mol. The van der Waals surface area contributed by atoms with E-state index in [1.165, 1.54) is 11.6 Å². The largest absolute Gasteiger partial charge is 0.481 e. The molecule has 0 bridgehead atoms. The van der Waals surface area contributed by atoms with Gasteiger partial charge in [-0.2, -0.15) is 0 Å². The van der Waals surface area contributed by atoms with Gasteiger partial charge in [0, 0.05) is 18.5 Å². The number of nitrogens with two attached hydrogens (primary N) is 1. The predicted octanol–water partition coefficient (Wildman–Crippen LogP) is -0.0723. The van der Waals surface area contributed by atoms with Crippen LogP contribution in [0.4, 0.5) is 11.8 Å². The Labute approximate surface area is 84.5 Å². The van der Waals surface area contributed by atoms with Crippen molar-refractivity contribution in [2.45, 2.75) is 12.8 Å². The number of rotatable bonds is 4. The Bertz CT molecular complexity index is 411. The van der Waals surface area contributed by atoms with Crippen molar-refractivity contribution in [2.24, 2.45) is 7.05 Å². The van der Waals surface area contributed by atoms with E-state index in [0.29, 0.717) is 0 Å². The fourth-order valence-corrected chi connectivity index (χ4v) is 1.19. The van der Waals surface area contributed by atoms with Crippen molar-refractivity contribution in [2.75, 3.05) is 5.73 Å². The fourth-order valence-electron chi connectivity index (χ4n) is 1.19. The zero-order valence-corrected chi connectivity index (χ0v) is 8.01. The van der Waals surface area contributed by atoms with Crippen molar-refractivity contribution in [3.05, 3.63) is 15.8 Å². The maximum atomic E-state index is 10.6. The molecular weight excluding hydrogens is 204 g/mol. The summed E-state index contributed by atoms with van der Waals surface area (Å²) in [6.07, 6.45) is -0.161. The van der Waals surface area contributed by atoms with Gasteiger partial charge in [0.05, 0.1) is 6.42 Å². The average molecular weight is 214 g/mol. The maximum Gasteiger partial charge on any atom is 0.387 e. The van der Waals surface area contributed by atoms with Gasteiger partial charge in [-0.25, -0.2) is 0 Å². The van der Waals surface area contributed by atoms with E-state index in [2.05, 4.69) is 4.98 Å². The van der Waals surface area contributed by atoms with Crippen LogP contribution in [0.15, 0.2) is 0 Å². The molecule has 0 amide bonds. The number of nitrogens with zero attached hydrogens (tertiary/aromatic N) is 3. The summed E-state index contributed by atoms with van der Waals surface area (Å²) in [6.45, 7) is 0. The van der Waals surface area contributed by atoms with Gasteiger partial charge in [0.1, 0.15) is 5.69 Å². The van der Waals surface area contributed by atoms with Crippen LogP contribution in [0.25, 0.3) is 0 Å². The lowest BCUT2D eigenvalue weighted by molar-refractivity contribution is -0.390. The number of aromatic nitrogens is 2. The van der Waals surface area contributed by atoms with Crippen molar-refractivity contribution in [3.8, 4) is 0 Å². The molecule has 0 aromatic carbocycles. The smallest absolute Gasteiger partial charge is 0.387 e. The second-order valence-electron chi connectivity index (χ2n) is 2.95. The van der Waals surface area contributed by atoms with Crippen molar-refractivity contribution in [1.29, 1.82) is 0 Å². The third kappa shape index (κ3) is 2.22. The Hall–Kier alpha value is -2.12. The topological polar surface area (TPSA) is 124 Å². The lowest BCUT2D eigenvalue weighted by Gasteiger charge is -1.99. The highest BCUT2D eigenvalue weighted by atomic mass is 16.6. The van der Waals surface area contributed by atoms with Crippen LogP contribution in [0, 0.1) is 10.1 Å². The highest BCUT2D eigenvalue weighted by molar-refractivity contribution is 5.67. The zero-order valence-electron chi connectivity index (χ0n) is 8.01. The molecule has 0 atom stereocenters.